The van der Waals surface area contributed by atoms with Crippen molar-refractivity contribution in [2.45, 2.75) is 6.92 Å². The van der Waals surface area contributed by atoms with Crippen molar-refractivity contribution in [3.8, 4) is 10.7 Å². The summed E-state index contributed by atoms with van der Waals surface area (Å²) < 4.78 is 0.911. The molecule has 4 nitrogen and oxygen atoms in total. The molecule has 2 rings (SSSR count). The Morgan fingerprint density at radius 1 is 1.43 bits per heavy atom. The molecule has 0 aliphatic rings. The molecule has 0 amide bonds. The number of aryl methyl sites for hydroxylation is 1. The minimum absolute atomic E-state index is 0.453. The van der Waals surface area contributed by atoms with Crippen LogP contribution < -0.4 is 5.73 Å². The van der Waals surface area contributed by atoms with Crippen LogP contribution in [0.1, 0.15) is 5.56 Å². The number of nitrogens with two attached hydrogens (primary N) is 1. The maximum Gasteiger partial charge on any atom is 0.203 e. The number of anilines is 1. The summed E-state index contributed by atoms with van der Waals surface area (Å²) in [5.74, 6) is 0. The first-order valence-corrected chi connectivity index (χ1v) is 5.49. The van der Waals surface area contributed by atoms with Gasteiger partial charge in [-0.25, -0.2) is 0 Å². The van der Waals surface area contributed by atoms with Crippen molar-refractivity contribution < 1.29 is 0 Å². The Hall–Kier alpha value is -1.01. The van der Waals surface area contributed by atoms with Gasteiger partial charge >= 0.3 is 0 Å². The molecule has 0 saturated carbocycles. The van der Waals surface area contributed by atoms with Crippen LogP contribution >= 0.6 is 27.3 Å². The van der Waals surface area contributed by atoms with E-state index in [1.165, 1.54) is 11.3 Å². The van der Waals surface area contributed by atoms with Gasteiger partial charge in [0.1, 0.15) is 5.69 Å². The van der Waals surface area contributed by atoms with Gasteiger partial charge in [-0.1, -0.05) is 11.3 Å². The van der Waals surface area contributed by atoms with E-state index in [1.807, 2.05) is 13.0 Å². The second-order valence-electron chi connectivity index (χ2n) is 2.79. The number of nitrogens with zero attached hydrogens (tertiary/aromatic N) is 3. The van der Waals surface area contributed by atoms with E-state index in [0.29, 0.717) is 5.13 Å². The fourth-order valence-corrected chi connectivity index (χ4v) is 2.42. The van der Waals surface area contributed by atoms with E-state index in [-0.39, 0.29) is 0 Å². The fourth-order valence-electron chi connectivity index (χ4n) is 1.02. The summed E-state index contributed by atoms with van der Waals surface area (Å²) in [6.07, 6.45) is 1.79. The zero-order valence-electron chi connectivity index (χ0n) is 7.36. The van der Waals surface area contributed by atoms with Crippen LogP contribution in [0.4, 0.5) is 5.13 Å². The molecule has 0 atom stereocenters. The molecule has 0 aromatic carbocycles. The van der Waals surface area contributed by atoms with E-state index < -0.39 is 0 Å². The number of pyridine rings is 1. The van der Waals surface area contributed by atoms with Crippen molar-refractivity contribution >= 4 is 32.4 Å². The molecule has 2 aromatic rings. The number of nitrogen functional groups attached to an aromatic ring is 1. The summed E-state index contributed by atoms with van der Waals surface area (Å²) in [7, 11) is 0. The van der Waals surface area contributed by atoms with Gasteiger partial charge < -0.3 is 5.73 Å². The van der Waals surface area contributed by atoms with Gasteiger partial charge in [-0.2, -0.15) is 0 Å². The molecule has 2 heterocycles. The zero-order chi connectivity index (χ0) is 10.1. The molecule has 0 aliphatic carbocycles. The van der Waals surface area contributed by atoms with Gasteiger partial charge in [0.15, 0.2) is 5.01 Å². The molecule has 2 N–H and O–H groups in total. The average Bonchev–Trinajstić information content (AvgIpc) is 2.51. The molecule has 0 unspecified atom stereocenters. The molecule has 2 aromatic heterocycles. The Morgan fingerprint density at radius 3 is 2.79 bits per heavy atom. The largest absolute Gasteiger partial charge is 0.374 e. The summed E-state index contributed by atoms with van der Waals surface area (Å²) in [6.45, 7) is 1.98. The van der Waals surface area contributed by atoms with Crippen molar-refractivity contribution in [2.24, 2.45) is 0 Å². The van der Waals surface area contributed by atoms with Gasteiger partial charge in [-0.15, -0.1) is 10.2 Å². The molecule has 0 fully saturated rings. The number of hydrogen-bond donors (Lipinski definition) is 1. The van der Waals surface area contributed by atoms with Crippen molar-refractivity contribution in [1.29, 1.82) is 0 Å². The van der Waals surface area contributed by atoms with Crippen molar-refractivity contribution in [3.63, 3.8) is 0 Å². The van der Waals surface area contributed by atoms with Gasteiger partial charge in [0, 0.05) is 10.7 Å². The predicted molar refractivity (Wildman–Crippen MR) is 60.0 cm³/mol. The molecule has 0 aliphatic heterocycles. The summed E-state index contributed by atoms with van der Waals surface area (Å²) in [5, 5.41) is 8.85. The molecule has 0 radical (unpaired) electrons. The molecule has 14 heavy (non-hydrogen) atoms. The van der Waals surface area contributed by atoms with Gasteiger partial charge in [-0.05, 0) is 34.5 Å². The Balaban J connectivity index is 2.52. The number of rotatable bonds is 1. The van der Waals surface area contributed by atoms with E-state index in [4.69, 9.17) is 5.73 Å². The molecular formula is C8H7BrN4S. The summed E-state index contributed by atoms with van der Waals surface area (Å²) in [4.78, 5) is 4.27. The number of aromatic nitrogens is 3. The third-order valence-electron chi connectivity index (χ3n) is 1.62. The standard InChI is InChI=1S/C8H7BrN4S/c1-4-2-5(9)6(11-3-4)7-12-13-8(10)14-7/h2-3H,1H3,(H2,10,13). The maximum atomic E-state index is 5.50. The Morgan fingerprint density at radius 2 is 2.21 bits per heavy atom. The Bertz CT molecular complexity index is 468. The lowest BCUT2D eigenvalue weighted by Crippen LogP contribution is -1.86. The van der Waals surface area contributed by atoms with Crippen LogP contribution in [0, 0.1) is 6.92 Å². The fraction of sp³-hybridized carbons (Fsp3) is 0.125. The monoisotopic (exact) mass is 270 g/mol. The highest BCUT2D eigenvalue weighted by Crippen LogP contribution is 2.29. The molecule has 0 saturated heterocycles. The van der Waals surface area contributed by atoms with Crippen LogP contribution in [0.5, 0.6) is 0 Å². The van der Waals surface area contributed by atoms with E-state index in [0.717, 1.165) is 20.7 Å². The summed E-state index contributed by atoms with van der Waals surface area (Å²) in [6, 6.07) is 1.99. The van der Waals surface area contributed by atoms with Crippen LogP contribution in [0.3, 0.4) is 0 Å². The molecule has 6 heteroatoms. The van der Waals surface area contributed by atoms with E-state index in [1.54, 1.807) is 6.20 Å². The summed E-state index contributed by atoms with van der Waals surface area (Å²) in [5.41, 5.74) is 7.38. The first kappa shape index (κ1) is 9.54. The van der Waals surface area contributed by atoms with E-state index >= 15 is 0 Å². The van der Waals surface area contributed by atoms with Gasteiger partial charge in [0.05, 0.1) is 0 Å². The van der Waals surface area contributed by atoms with E-state index in [2.05, 4.69) is 31.1 Å². The second kappa shape index (κ2) is 3.62. The predicted octanol–water partition coefficient (Wildman–Crippen LogP) is 2.25. The third kappa shape index (κ3) is 1.76. The zero-order valence-corrected chi connectivity index (χ0v) is 9.76. The quantitative estimate of drug-likeness (QED) is 0.864. The maximum absolute atomic E-state index is 5.50. The van der Waals surface area contributed by atoms with Crippen LogP contribution in [0.15, 0.2) is 16.7 Å². The smallest absolute Gasteiger partial charge is 0.203 e. The minimum Gasteiger partial charge on any atom is -0.374 e. The van der Waals surface area contributed by atoms with Crippen LogP contribution in [-0.4, -0.2) is 15.2 Å². The van der Waals surface area contributed by atoms with Gasteiger partial charge in [0.2, 0.25) is 5.13 Å². The second-order valence-corrected chi connectivity index (χ2v) is 4.65. The highest BCUT2D eigenvalue weighted by Gasteiger charge is 2.09. The first-order valence-electron chi connectivity index (χ1n) is 3.88. The SMILES string of the molecule is Cc1cnc(-c2nnc(N)s2)c(Br)c1. The van der Waals surface area contributed by atoms with Gasteiger partial charge in [0.25, 0.3) is 0 Å². The van der Waals surface area contributed by atoms with Crippen LogP contribution in [0.25, 0.3) is 10.7 Å². The number of hydrogen-bond acceptors (Lipinski definition) is 5. The highest BCUT2D eigenvalue weighted by atomic mass is 79.9. The number of halogens is 1. The first-order chi connectivity index (χ1) is 6.66. The molecule has 0 spiro atoms. The normalized spacial score (nSPS) is 10.4. The molecule has 72 valence electrons. The minimum atomic E-state index is 0.453. The third-order valence-corrected chi connectivity index (χ3v) is 2.98. The van der Waals surface area contributed by atoms with Crippen molar-refractivity contribution in [1.82, 2.24) is 15.2 Å². The van der Waals surface area contributed by atoms with Gasteiger partial charge in [-0.3, -0.25) is 4.98 Å². The lowest BCUT2D eigenvalue weighted by Gasteiger charge is -1.99. The topological polar surface area (TPSA) is 64.7 Å². The van der Waals surface area contributed by atoms with Crippen LogP contribution in [0.2, 0.25) is 0 Å². The Kier molecular flexibility index (Phi) is 2.47. The van der Waals surface area contributed by atoms with Crippen molar-refractivity contribution in [3.05, 3.63) is 22.3 Å². The van der Waals surface area contributed by atoms with Crippen molar-refractivity contribution in [2.75, 3.05) is 5.73 Å². The average molecular weight is 271 g/mol. The summed E-state index contributed by atoms with van der Waals surface area (Å²) >= 11 is 4.75. The molecular weight excluding hydrogens is 264 g/mol. The lowest BCUT2D eigenvalue weighted by atomic mass is 10.3. The Labute approximate surface area is 93.3 Å². The van der Waals surface area contributed by atoms with Crippen LogP contribution in [-0.2, 0) is 0 Å². The van der Waals surface area contributed by atoms with E-state index in [9.17, 15) is 0 Å². The highest BCUT2D eigenvalue weighted by molar-refractivity contribution is 9.10. The molecule has 0 bridgehead atoms. The lowest BCUT2D eigenvalue weighted by molar-refractivity contribution is 1.09.